The van der Waals surface area contributed by atoms with Gasteiger partial charge in [0.2, 0.25) is 0 Å². The van der Waals surface area contributed by atoms with Crippen molar-refractivity contribution in [3.63, 3.8) is 0 Å². The molecule has 0 aliphatic carbocycles. The molecule has 2 aromatic rings. The van der Waals surface area contributed by atoms with Crippen LogP contribution in [0.25, 0.3) is 0 Å². The molecule has 0 radical (unpaired) electrons. The highest BCUT2D eigenvalue weighted by atomic mass is 35.5. The first-order valence-corrected chi connectivity index (χ1v) is 9.58. The van der Waals surface area contributed by atoms with Crippen molar-refractivity contribution in [2.24, 2.45) is 0 Å². The van der Waals surface area contributed by atoms with E-state index in [0.717, 1.165) is 5.82 Å². The number of carbonyl (C=O) groups excluding carboxylic acids is 1. The molecule has 1 saturated heterocycles. The Kier molecular flexibility index (Phi) is 5.61. The van der Waals surface area contributed by atoms with Gasteiger partial charge in [-0.25, -0.2) is 9.78 Å². The lowest BCUT2D eigenvalue weighted by atomic mass is 9.87. The average Bonchev–Trinajstić information content (AvgIpc) is 2.61. The van der Waals surface area contributed by atoms with Gasteiger partial charge in [0, 0.05) is 31.9 Å². The van der Waals surface area contributed by atoms with Crippen LogP contribution in [0, 0.1) is 0 Å². The van der Waals surface area contributed by atoms with Crippen molar-refractivity contribution in [3.8, 4) is 5.75 Å². The van der Waals surface area contributed by atoms with Crippen LogP contribution in [0.4, 0.5) is 10.6 Å². The van der Waals surface area contributed by atoms with E-state index in [0.29, 0.717) is 30.4 Å². The molecule has 1 aromatic carbocycles. The summed E-state index contributed by atoms with van der Waals surface area (Å²) in [6.45, 7) is 10.4. The first kappa shape index (κ1) is 19.5. The van der Waals surface area contributed by atoms with Crippen molar-refractivity contribution in [2.45, 2.75) is 39.2 Å². The molecule has 1 amide bonds. The number of aromatic nitrogens is 1. The number of halogens is 1. The zero-order valence-corrected chi connectivity index (χ0v) is 17.0. The van der Waals surface area contributed by atoms with Gasteiger partial charge in [0.05, 0.1) is 5.02 Å². The van der Waals surface area contributed by atoms with E-state index in [-0.39, 0.29) is 17.6 Å². The third-order valence-electron chi connectivity index (χ3n) is 4.83. The van der Waals surface area contributed by atoms with Crippen molar-refractivity contribution >= 4 is 23.5 Å². The first-order valence-electron chi connectivity index (χ1n) is 9.20. The number of ether oxygens (including phenoxy) is 1. The van der Waals surface area contributed by atoms with Crippen molar-refractivity contribution in [3.05, 3.63) is 53.2 Å². The van der Waals surface area contributed by atoms with Crippen LogP contribution in [0.3, 0.4) is 0 Å². The molecule has 0 spiro atoms. The smallest absolute Gasteiger partial charge is 0.410 e. The molecule has 0 N–H and O–H groups in total. The van der Waals surface area contributed by atoms with Crippen molar-refractivity contribution < 1.29 is 9.53 Å². The van der Waals surface area contributed by atoms with Crippen molar-refractivity contribution in [1.29, 1.82) is 0 Å². The highest BCUT2D eigenvalue weighted by Crippen LogP contribution is 2.26. The molecule has 144 valence electrons. The van der Waals surface area contributed by atoms with Crippen molar-refractivity contribution in [2.75, 3.05) is 24.5 Å². The maximum atomic E-state index is 12.6. The van der Waals surface area contributed by atoms with Gasteiger partial charge in [-0.15, -0.1) is 0 Å². The average molecular weight is 388 g/mol. The molecule has 1 aliphatic rings. The van der Waals surface area contributed by atoms with Crippen LogP contribution >= 0.6 is 11.6 Å². The quantitative estimate of drug-likeness (QED) is 0.746. The van der Waals surface area contributed by atoms with E-state index >= 15 is 0 Å². The Bertz CT molecular complexity index is 802. The summed E-state index contributed by atoms with van der Waals surface area (Å²) in [5.41, 5.74) is 1.27. The molecule has 1 aliphatic heterocycles. The van der Waals surface area contributed by atoms with Crippen LogP contribution in [-0.2, 0) is 5.41 Å². The van der Waals surface area contributed by atoms with Crippen LogP contribution in [0.15, 0.2) is 42.6 Å². The predicted molar refractivity (Wildman–Crippen MR) is 109 cm³/mol. The number of hydrogen-bond donors (Lipinski definition) is 0. The van der Waals surface area contributed by atoms with E-state index in [1.807, 2.05) is 43.3 Å². The van der Waals surface area contributed by atoms with Crippen LogP contribution in [0.1, 0.15) is 33.3 Å². The number of carbonyl (C=O) groups is 1. The largest absolute Gasteiger partial charge is 0.415 e. The fraction of sp³-hybridized carbons (Fsp3) is 0.429. The molecule has 2 heterocycles. The van der Waals surface area contributed by atoms with Crippen LogP contribution in [0.2, 0.25) is 5.02 Å². The Hall–Kier alpha value is -2.27. The van der Waals surface area contributed by atoms with Crippen LogP contribution in [0.5, 0.6) is 5.75 Å². The van der Waals surface area contributed by atoms with Crippen LogP contribution < -0.4 is 9.64 Å². The molecular formula is C21H26ClN3O2. The molecule has 0 unspecified atom stereocenters. The molecular weight excluding hydrogens is 362 g/mol. The second-order valence-electron chi connectivity index (χ2n) is 7.94. The zero-order valence-electron chi connectivity index (χ0n) is 16.3. The monoisotopic (exact) mass is 387 g/mol. The van der Waals surface area contributed by atoms with Gasteiger partial charge in [0.25, 0.3) is 0 Å². The molecule has 27 heavy (non-hydrogen) atoms. The van der Waals surface area contributed by atoms with Gasteiger partial charge in [-0.2, -0.15) is 0 Å². The lowest BCUT2D eigenvalue weighted by molar-refractivity contribution is 0.129. The van der Waals surface area contributed by atoms with Gasteiger partial charge in [-0.3, -0.25) is 0 Å². The Morgan fingerprint density at radius 2 is 1.89 bits per heavy atom. The topological polar surface area (TPSA) is 45.7 Å². The minimum Gasteiger partial charge on any atom is -0.410 e. The summed E-state index contributed by atoms with van der Waals surface area (Å²) >= 11 is 6.25. The molecule has 1 aromatic heterocycles. The summed E-state index contributed by atoms with van der Waals surface area (Å²) in [4.78, 5) is 20.8. The van der Waals surface area contributed by atoms with E-state index in [2.05, 4.69) is 30.7 Å². The van der Waals surface area contributed by atoms with Gasteiger partial charge in [0.1, 0.15) is 11.6 Å². The van der Waals surface area contributed by atoms with E-state index in [4.69, 9.17) is 16.3 Å². The number of anilines is 1. The number of pyridine rings is 1. The zero-order chi connectivity index (χ0) is 19.6. The summed E-state index contributed by atoms with van der Waals surface area (Å²) in [7, 11) is 0. The van der Waals surface area contributed by atoms with E-state index in [9.17, 15) is 4.79 Å². The molecule has 5 nitrogen and oxygen atoms in total. The fourth-order valence-corrected chi connectivity index (χ4v) is 3.45. The summed E-state index contributed by atoms with van der Waals surface area (Å²) < 4.78 is 5.58. The van der Waals surface area contributed by atoms with Crippen molar-refractivity contribution in [1.82, 2.24) is 9.88 Å². The Balaban J connectivity index is 1.62. The second-order valence-corrected chi connectivity index (χ2v) is 8.35. The first-order chi connectivity index (χ1) is 12.8. The van der Waals surface area contributed by atoms with Gasteiger partial charge >= 0.3 is 6.09 Å². The minimum absolute atomic E-state index is 0.00169. The number of hydrogen-bond acceptors (Lipinski definition) is 4. The normalized spacial score (nSPS) is 17.7. The maximum absolute atomic E-state index is 12.6. The van der Waals surface area contributed by atoms with E-state index in [1.165, 1.54) is 5.56 Å². The number of amides is 1. The number of benzene rings is 1. The van der Waals surface area contributed by atoms with Gasteiger partial charge in [0.15, 0.2) is 0 Å². The third kappa shape index (κ3) is 4.53. The van der Waals surface area contributed by atoms with E-state index < -0.39 is 0 Å². The van der Waals surface area contributed by atoms with E-state index in [1.54, 1.807) is 11.1 Å². The number of piperazine rings is 1. The lowest BCUT2D eigenvalue weighted by Gasteiger charge is -2.39. The van der Waals surface area contributed by atoms with Gasteiger partial charge < -0.3 is 14.5 Å². The highest BCUT2D eigenvalue weighted by molar-refractivity contribution is 6.32. The minimum atomic E-state index is -0.322. The predicted octanol–water partition coefficient (Wildman–Crippen LogP) is 4.74. The second kappa shape index (κ2) is 7.77. The summed E-state index contributed by atoms with van der Waals surface area (Å²) in [6.07, 6.45) is 1.41. The third-order valence-corrected chi connectivity index (χ3v) is 5.12. The fourth-order valence-electron chi connectivity index (χ4n) is 3.21. The summed E-state index contributed by atoms with van der Waals surface area (Å²) in [5.74, 6) is 1.33. The highest BCUT2D eigenvalue weighted by Gasteiger charge is 2.30. The Labute approximate surface area is 165 Å². The Morgan fingerprint density at radius 1 is 1.19 bits per heavy atom. The summed E-state index contributed by atoms with van der Waals surface area (Å²) in [6, 6.07) is 11.4. The van der Waals surface area contributed by atoms with Gasteiger partial charge in [-0.1, -0.05) is 44.5 Å². The van der Waals surface area contributed by atoms with Crippen LogP contribution in [-0.4, -0.2) is 41.7 Å². The number of rotatable bonds is 2. The molecule has 1 fully saturated rings. The SMILES string of the molecule is C[C@@H]1CN(c2ncccc2Cl)CCN1C(=O)Oc1ccc(C(C)(C)C)cc1. The number of nitrogens with zero attached hydrogens (tertiary/aromatic N) is 3. The van der Waals surface area contributed by atoms with Gasteiger partial charge in [-0.05, 0) is 42.2 Å². The standard InChI is InChI=1S/C21H26ClN3O2/c1-15-14-24(19-18(22)6-5-11-23-19)12-13-25(15)20(26)27-17-9-7-16(8-10-17)21(2,3)4/h5-11,15H,12-14H2,1-4H3/t15-/m1/s1. The molecule has 3 rings (SSSR count). The molecule has 0 bridgehead atoms. The lowest BCUT2D eigenvalue weighted by Crippen LogP contribution is -2.55. The molecule has 1 atom stereocenters. The molecule has 0 saturated carbocycles. The maximum Gasteiger partial charge on any atom is 0.415 e. The Morgan fingerprint density at radius 3 is 2.48 bits per heavy atom. The summed E-state index contributed by atoms with van der Waals surface area (Å²) in [5, 5.41) is 0.625. The molecule has 6 heteroatoms.